The second kappa shape index (κ2) is 6.81. The Bertz CT molecular complexity index is 517. The summed E-state index contributed by atoms with van der Waals surface area (Å²) < 4.78 is 10.7. The summed E-state index contributed by atoms with van der Waals surface area (Å²) in [7, 11) is 1.83. The molecule has 1 N–H and O–H groups in total. The number of nitrogens with zero attached hydrogens (tertiary/aromatic N) is 2. The second-order valence-electron chi connectivity index (χ2n) is 4.65. The second-order valence-corrected chi connectivity index (χ2v) is 5.53. The first kappa shape index (κ1) is 14.9. The molecule has 6 nitrogen and oxygen atoms in total. The Labute approximate surface area is 121 Å². The zero-order chi connectivity index (χ0) is 14.5. The minimum Gasteiger partial charge on any atom is -0.349 e. The number of carbonyl (C=O) groups is 1. The Morgan fingerprint density at radius 2 is 2.30 bits per heavy atom. The predicted molar refractivity (Wildman–Crippen MR) is 75.6 cm³/mol. The largest absolute Gasteiger partial charge is 0.349 e. The number of ether oxygens (including phenoxy) is 2. The van der Waals surface area contributed by atoms with Crippen molar-refractivity contribution in [3.8, 4) is 6.07 Å². The molecule has 0 spiro atoms. The molecule has 7 heteroatoms. The molecule has 1 aromatic heterocycles. The van der Waals surface area contributed by atoms with Gasteiger partial charge in [0.05, 0.1) is 25.3 Å². The lowest BCUT2D eigenvalue weighted by atomic mass is 10.2. The van der Waals surface area contributed by atoms with Gasteiger partial charge < -0.3 is 14.8 Å². The first-order chi connectivity index (χ1) is 9.60. The molecule has 0 bridgehead atoms. The van der Waals surface area contributed by atoms with E-state index in [1.54, 1.807) is 0 Å². The van der Waals surface area contributed by atoms with E-state index in [-0.39, 0.29) is 18.7 Å². The maximum atomic E-state index is 11.9. The molecule has 2 rings (SSSR count). The molecule has 20 heavy (non-hydrogen) atoms. The topological polar surface area (TPSA) is 74.6 Å². The summed E-state index contributed by atoms with van der Waals surface area (Å²) in [6, 6.07) is 2.10. The lowest BCUT2D eigenvalue weighted by molar-refractivity contribution is -0.118. The van der Waals surface area contributed by atoms with Crippen LogP contribution in [0.25, 0.3) is 0 Å². The third-order valence-corrected chi connectivity index (χ3v) is 3.92. The number of likely N-dealkylation sites (N-methyl/N-ethyl adjacent to an activating group) is 1. The molecule has 0 radical (unpaired) electrons. The van der Waals surface area contributed by atoms with Gasteiger partial charge in [-0.15, -0.1) is 11.3 Å². The average molecular weight is 295 g/mol. The number of amides is 1. The van der Waals surface area contributed by atoms with Crippen molar-refractivity contribution in [2.75, 3.05) is 38.7 Å². The molecule has 0 saturated carbocycles. The van der Waals surface area contributed by atoms with Crippen LogP contribution in [0.5, 0.6) is 0 Å². The van der Waals surface area contributed by atoms with Crippen LogP contribution >= 0.6 is 11.3 Å². The number of nitrogens with one attached hydrogen (secondary N) is 1. The highest BCUT2D eigenvalue weighted by Gasteiger charge is 2.19. The van der Waals surface area contributed by atoms with Gasteiger partial charge in [-0.25, -0.2) is 0 Å². The number of thiophene rings is 1. The Hall–Kier alpha value is -1.46. The highest BCUT2D eigenvalue weighted by Crippen LogP contribution is 2.26. The molecule has 0 atom stereocenters. The van der Waals surface area contributed by atoms with Gasteiger partial charge in [-0.1, -0.05) is 0 Å². The van der Waals surface area contributed by atoms with Gasteiger partial charge in [-0.05, 0) is 24.9 Å². The van der Waals surface area contributed by atoms with Crippen LogP contribution in [0.1, 0.15) is 11.1 Å². The molecule has 2 heterocycles. The van der Waals surface area contributed by atoms with Crippen LogP contribution in [-0.2, 0) is 14.3 Å². The molecular weight excluding hydrogens is 278 g/mol. The van der Waals surface area contributed by atoms with E-state index in [9.17, 15) is 4.79 Å². The number of nitriles is 1. The van der Waals surface area contributed by atoms with Gasteiger partial charge in [-0.2, -0.15) is 5.26 Å². The highest BCUT2D eigenvalue weighted by molar-refractivity contribution is 7.14. The van der Waals surface area contributed by atoms with E-state index in [0.29, 0.717) is 30.3 Å². The van der Waals surface area contributed by atoms with E-state index in [4.69, 9.17) is 14.7 Å². The van der Waals surface area contributed by atoms with Crippen LogP contribution in [0, 0.1) is 18.3 Å². The molecule has 0 aliphatic carbocycles. The number of aryl methyl sites for hydroxylation is 1. The summed E-state index contributed by atoms with van der Waals surface area (Å²) in [6.07, 6.45) is -0.258. The Balaban J connectivity index is 1.84. The summed E-state index contributed by atoms with van der Waals surface area (Å²) in [5.74, 6) is -0.149. The van der Waals surface area contributed by atoms with Gasteiger partial charge in [0.15, 0.2) is 6.29 Å². The Kier molecular flexibility index (Phi) is 5.09. The fourth-order valence-electron chi connectivity index (χ4n) is 1.92. The summed E-state index contributed by atoms with van der Waals surface area (Å²) in [5.41, 5.74) is 1.42. The zero-order valence-electron chi connectivity index (χ0n) is 11.5. The van der Waals surface area contributed by atoms with E-state index in [1.165, 1.54) is 11.3 Å². The van der Waals surface area contributed by atoms with E-state index < -0.39 is 0 Å². The van der Waals surface area contributed by atoms with Crippen molar-refractivity contribution in [3.63, 3.8) is 0 Å². The standard InChI is InChI=1S/C13H17N3O3S/c1-9-8-20-13(10(9)5-14)15-11(17)6-16(2)7-12-18-3-4-19-12/h8,12H,3-4,6-7H2,1-2H3,(H,15,17). The van der Waals surface area contributed by atoms with Gasteiger partial charge in [0, 0.05) is 6.54 Å². The van der Waals surface area contributed by atoms with Crippen LogP contribution < -0.4 is 5.32 Å². The molecule has 1 aliphatic heterocycles. The predicted octanol–water partition coefficient (Wildman–Crippen LogP) is 1.17. The fraction of sp³-hybridized carbons (Fsp3) is 0.538. The third-order valence-electron chi connectivity index (χ3n) is 2.90. The first-order valence-electron chi connectivity index (χ1n) is 6.30. The monoisotopic (exact) mass is 295 g/mol. The molecule has 1 aliphatic rings. The minimum absolute atomic E-state index is 0.149. The van der Waals surface area contributed by atoms with Gasteiger partial charge in [0.25, 0.3) is 0 Å². The van der Waals surface area contributed by atoms with Gasteiger partial charge in [0.1, 0.15) is 11.1 Å². The molecule has 1 amide bonds. The number of hydrogen-bond donors (Lipinski definition) is 1. The van der Waals surface area contributed by atoms with Crippen molar-refractivity contribution in [2.24, 2.45) is 0 Å². The molecule has 1 aromatic rings. The van der Waals surface area contributed by atoms with Crippen molar-refractivity contribution in [1.29, 1.82) is 5.26 Å². The smallest absolute Gasteiger partial charge is 0.239 e. The normalized spacial score (nSPS) is 15.5. The number of rotatable bonds is 5. The molecule has 1 saturated heterocycles. The van der Waals surface area contributed by atoms with Crippen LogP contribution in [-0.4, -0.2) is 50.4 Å². The van der Waals surface area contributed by atoms with Crippen molar-refractivity contribution in [3.05, 3.63) is 16.5 Å². The van der Waals surface area contributed by atoms with Crippen molar-refractivity contribution >= 4 is 22.2 Å². The van der Waals surface area contributed by atoms with Crippen molar-refractivity contribution < 1.29 is 14.3 Å². The number of anilines is 1. The lowest BCUT2D eigenvalue weighted by Gasteiger charge is -2.19. The summed E-state index contributed by atoms with van der Waals surface area (Å²) >= 11 is 1.37. The number of hydrogen-bond acceptors (Lipinski definition) is 6. The van der Waals surface area contributed by atoms with Gasteiger partial charge in [0.2, 0.25) is 5.91 Å². The summed E-state index contributed by atoms with van der Waals surface area (Å²) in [5, 5.41) is 14.3. The quantitative estimate of drug-likeness (QED) is 0.882. The lowest BCUT2D eigenvalue weighted by Crippen LogP contribution is -2.36. The van der Waals surface area contributed by atoms with E-state index in [1.807, 2.05) is 24.3 Å². The maximum absolute atomic E-state index is 11.9. The van der Waals surface area contributed by atoms with E-state index in [0.717, 1.165) is 5.56 Å². The summed E-state index contributed by atoms with van der Waals surface area (Å²) in [6.45, 7) is 3.83. The van der Waals surface area contributed by atoms with Crippen LogP contribution in [0.2, 0.25) is 0 Å². The molecule has 1 fully saturated rings. The first-order valence-corrected chi connectivity index (χ1v) is 7.18. The summed E-state index contributed by atoms with van der Waals surface area (Å²) in [4.78, 5) is 13.8. The van der Waals surface area contributed by atoms with E-state index >= 15 is 0 Å². The van der Waals surface area contributed by atoms with Gasteiger partial charge in [-0.3, -0.25) is 9.69 Å². The molecule has 108 valence electrons. The Morgan fingerprint density at radius 1 is 1.60 bits per heavy atom. The molecular formula is C13H17N3O3S. The molecule has 0 aromatic carbocycles. The average Bonchev–Trinajstić information content (AvgIpc) is 2.99. The Morgan fingerprint density at radius 3 is 2.95 bits per heavy atom. The number of carbonyl (C=O) groups excluding carboxylic acids is 1. The van der Waals surface area contributed by atoms with Crippen LogP contribution in [0.4, 0.5) is 5.00 Å². The van der Waals surface area contributed by atoms with Gasteiger partial charge >= 0.3 is 0 Å². The highest BCUT2D eigenvalue weighted by atomic mass is 32.1. The van der Waals surface area contributed by atoms with Crippen LogP contribution in [0.3, 0.4) is 0 Å². The van der Waals surface area contributed by atoms with Crippen molar-refractivity contribution in [1.82, 2.24) is 4.90 Å². The SMILES string of the molecule is Cc1csc(NC(=O)CN(C)CC2OCCO2)c1C#N. The van der Waals surface area contributed by atoms with Crippen molar-refractivity contribution in [2.45, 2.75) is 13.2 Å². The third kappa shape index (κ3) is 3.77. The van der Waals surface area contributed by atoms with E-state index in [2.05, 4.69) is 11.4 Å². The zero-order valence-corrected chi connectivity index (χ0v) is 12.3. The molecule has 0 unspecified atom stereocenters. The van der Waals surface area contributed by atoms with Crippen LogP contribution in [0.15, 0.2) is 5.38 Å². The maximum Gasteiger partial charge on any atom is 0.239 e. The fourth-order valence-corrected chi connectivity index (χ4v) is 2.83. The minimum atomic E-state index is -0.258.